The standard InChI is InChI=1S/C15H22N2O3/c1-17(13-5-6-13)9-7-16-8-10-20-14-4-2-3-12(11-14)15(18)19/h2-4,11,13,16H,5-10H2,1H3,(H,18,19). The average Bonchev–Trinajstić information content (AvgIpc) is 3.27. The van der Waals surface area contributed by atoms with Gasteiger partial charge in [-0.3, -0.25) is 0 Å². The van der Waals surface area contributed by atoms with Gasteiger partial charge in [-0.1, -0.05) is 6.07 Å². The number of nitrogens with one attached hydrogen (secondary N) is 1. The highest BCUT2D eigenvalue weighted by Gasteiger charge is 2.25. The number of carbonyl (C=O) groups is 1. The summed E-state index contributed by atoms with van der Waals surface area (Å²) in [6.45, 7) is 3.30. The lowest BCUT2D eigenvalue weighted by atomic mass is 10.2. The molecule has 0 aliphatic heterocycles. The van der Waals surface area contributed by atoms with E-state index in [-0.39, 0.29) is 5.56 Å². The van der Waals surface area contributed by atoms with Crippen LogP contribution in [0.25, 0.3) is 0 Å². The number of hydrogen-bond acceptors (Lipinski definition) is 4. The van der Waals surface area contributed by atoms with E-state index in [1.165, 1.54) is 12.8 Å². The van der Waals surface area contributed by atoms with Crippen molar-refractivity contribution in [2.45, 2.75) is 18.9 Å². The van der Waals surface area contributed by atoms with Crippen molar-refractivity contribution in [1.29, 1.82) is 0 Å². The summed E-state index contributed by atoms with van der Waals surface area (Å²) in [6, 6.07) is 7.36. The smallest absolute Gasteiger partial charge is 0.335 e. The summed E-state index contributed by atoms with van der Waals surface area (Å²) in [7, 11) is 2.16. The number of carboxylic acid groups (broad SMARTS) is 1. The third kappa shape index (κ3) is 4.83. The first-order valence-corrected chi connectivity index (χ1v) is 7.04. The van der Waals surface area contributed by atoms with Gasteiger partial charge in [0.25, 0.3) is 0 Å². The van der Waals surface area contributed by atoms with Gasteiger partial charge in [0, 0.05) is 25.7 Å². The maximum absolute atomic E-state index is 10.8. The first-order valence-electron chi connectivity index (χ1n) is 7.04. The fourth-order valence-corrected chi connectivity index (χ4v) is 2.04. The van der Waals surface area contributed by atoms with Crippen molar-refractivity contribution in [3.05, 3.63) is 29.8 Å². The van der Waals surface area contributed by atoms with Crippen LogP contribution in [0.4, 0.5) is 0 Å². The number of nitrogens with zero attached hydrogens (tertiary/aromatic N) is 1. The maximum atomic E-state index is 10.8. The molecule has 1 fully saturated rings. The van der Waals surface area contributed by atoms with E-state index in [1.54, 1.807) is 24.3 Å². The number of benzene rings is 1. The summed E-state index contributed by atoms with van der Waals surface area (Å²) in [5.41, 5.74) is 0.251. The van der Waals surface area contributed by atoms with E-state index in [4.69, 9.17) is 9.84 Å². The third-order valence-electron chi connectivity index (χ3n) is 3.44. The Morgan fingerprint density at radius 3 is 2.95 bits per heavy atom. The van der Waals surface area contributed by atoms with E-state index in [0.29, 0.717) is 12.4 Å². The largest absolute Gasteiger partial charge is 0.492 e. The number of aromatic carboxylic acids is 1. The lowest BCUT2D eigenvalue weighted by Gasteiger charge is -2.15. The highest BCUT2D eigenvalue weighted by Crippen LogP contribution is 2.24. The molecule has 0 unspecified atom stereocenters. The molecule has 1 aliphatic carbocycles. The van der Waals surface area contributed by atoms with Gasteiger partial charge in [0.1, 0.15) is 12.4 Å². The van der Waals surface area contributed by atoms with Crippen LogP contribution in [0, 0.1) is 0 Å². The number of rotatable bonds is 9. The van der Waals surface area contributed by atoms with Crippen LogP contribution in [0.2, 0.25) is 0 Å². The molecule has 0 aromatic heterocycles. The monoisotopic (exact) mass is 278 g/mol. The highest BCUT2D eigenvalue weighted by atomic mass is 16.5. The molecule has 110 valence electrons. The second kappa shape index (κ2) is 7.26. The van der Waals surface area contributed by atoms with Crippen LogP contribution in [0.1, 0.15) is 23.2 Å². The minimum atomic E-state index is -0.934. The Hall–Kier alpha value is -1.59. The molecule has 0 heterocycles. The van der Waals surface area contributed by atoms with Crippen molar-refractivity contribution in [3.63, 3.8) is 0 Å². The topological polar surface area (TPSA) is 61.8 Å². The van der Waals surface area contributed by atoms with Gasteiger partial charge in [-0.25, -0.2) is 4.79 Å². The van der Waals surface area contributed by atoms with Crippen LogP contribution in [0.5, 0.6) is 5.75 Å². The van der Waals surface area contributed by atoms with Gasteiger partial charge in [-0.05, 0) is 38.1 Å². The van der Waals surface area contributed by atoms with Crippen molar-refractivity contribution in [2.75, 3.05) is 33.3 Å². The zero-order valence-electron chi connectivity index (χ0n) is 11.8. The van der Waals surface area contributed by atoms with Crippen molar-refractivity contribution in [2.24, 2.45) is 0 Å². The quantitative estimate of drug-likeness (QED) is 0.669. The molecule has 5 nitrogen and oxygen atoms in total. The average molecular weight is 278 g/mol. The van der Waals surface area contributed by atoms with E-state index < -0.39 is 5.97 Å². The van der Waals surface area contributed by atoms with Crippen LogP contribution in [-0.2, 0) is 0 Å². The number of ether oxygens (including phenoxy) is 1. The van der Waals surface area contributed by atoms with Crippen LogP contribution >= 0.6 is 0 Å². The SMILES string of the molecule is CN(CCNCCOc1cccc(C(=O)O)c1)C1CC1. The van der Waals surface area contributed by atoms with E-state index in [9.17, 15) is 4.79 Å². The molecule has 0 spiro atoms. The predicted molar refractivity (Wildman–Crippen MR) is 77.4 cm³/mol. The van der Waals surface area contributed by atoms with Crippen LogP contribution in [0.15, 0.2) is 24.3 Å². The van der Waals surface area contributed by atoms with Crippen molar-refractivity contribution < 1.29 is 14.6 Å². The Bertz CT molecular complexity index is 446. The summed E-state index contributed by atoms with van der Waals surface area (Å²) < 4.78 is 5.52. The molecule has 5 heteroatoms. The van der Waals surface area contributed by atoms with Gasteiger partial charge in [0.15, 0.2) is 0 Å². The second-order valence-corrected chi connectivity index (χ2v) is 5.14. The van der Waals surface area contributed by atoms with Crippen LogP contribution in [0.3, 0.4) is 0 Å². The van der Waals surface area contributed by atoms with Crippen molar-refractivity contribution >= 4 is 5.97 Å². The minimum Gasteiger partial charge on any atom is -0.492 e. The fourth-order valence-electron chi connectivity index (χ4n) is 2.04. The second-order valence-electron chi connectivity index (χ2n) is 5.14. The third-order valence-corrected chi connectivity index (χ3v) is 3.44. The molecule has 2 N–H and O–H groups in total. The first-order chi connectivity index (χ1) is 9.66. The Morgan fingerprint density at radius 2 is 2.25 bits per heavy atom. The Kier molecular flexibility index (Phi) is 5.38. The maximum Gasteiger partial charge on any atom is 0.335 e. The lowest BCUT2D eigenvalue weighted by Crippen LogP contribution is -2.32. The van der Waals surface area contributed by atoms with Crippen molar-refractivity contribution in [3.8, 4) is 5.75 Å². The molecule has 1 aromatic rings. The molecular weight excluding hydrogens is 256 g/mol. The molecule has 0 radical (unpaired) electrons. The molecule has 1 saturated carbocycles. The first kappa shape index (κ1) is 14.8. The lowest BCUT2D eigenvalue weighted by molar-refractivity contribution is 0.0696. The molecule has 0 bridgehead atoms. The summed E-state index contributed by atoms with van der Waals surface area (Å²) in [5.74, 6) is -0.335. The number of likely N-dealkylation sites (N-methyl/N-ethyl adjacent to an activating group) is 1. The van der Waals surface area contributed by atoms with E-state index in [0.717, 1.165) is 25.7 Å². The van der Waals surface area contributed by atoms with Crippen LogP contribution < -0.4 is 10.1 Å². The molecule has 2 rings (SSSR count). The molecule has 0 saturated heterocycles. The van der Waals surface area contributed by atoms with Gasteiger partial charge in [-0.15, -0.1) is 0 Å². The molecule has 1 aliphatic rings. The molecule has 20 heavy (non-hydrogen) atoms. The van der Waals surface area contributed by atoms with Gasteiger partial charge in [0.05, 0.1) is 5.56 Å². The predicted octanol–water partition coefficient (Wildman–Crippen LogP) is 1.45. The zero-order valence-corrected chi connectivity index (χ0v) is 11.8. The minimum absolute atomic E-state index is 0.251. The van der Waals surface area contributed by atoms with Gasteiger partial charge in [0.2, 0.25) is 0 Å². The van der Waals surface area contributed by atoms with E-state index in [1.807, 2.05) is 0 Å². The summed E-state index contributed by atoms with van der Waals surface area (Å²) in [4.78, 5) is 13.2. The molecule has 0 amide bonds. The fraction of sp³-hybridized carbons (Fsp3) is 0.533. The summed E-state index contributed by atoms with van der Waals surface area (Å²) >= 11 is 0. The Labute approximate surface area is 119 Å². The summed E-state index contributed by atoms with van der Waals surface area (Å²) in [6.07, 6.45) is 2.67. The zero-order chi connectivity index (χ0) is 14.4. The normalized spacial score (nSPS) is 14.5. The van der Waals surface area contributed by atoms with E-state index >= 15 is 0 Å². The number of hydrogen-bond donors (Lipinski definition) is 2. The molecular formula is C15H22N2O3. The van der Waals surface area contributed by atoms with E-state index in [2.05, 4.69) is 17.3 Å². The highest BCUT2D eigenvalue weighted by molar-refractivity contribution is 5.87. The van der Waals surface area contributed by atoms with Crippen LogP contribution in [-0.4, -0.2) is 55.3 Å². The van der Waals surface area contributed by atoms with Gasteiger partial charge >= 0.3 is 5.97 Å². The van der Waals surface area contributed by atoms with Gasteiger partial charge < -0.3 is 20.1 Å². The number of carboxylic acids is 1. The Balaban J connectivity index is 1.58. The summed E-state index contributed by atoms with van der Waals surface area (Å²) in [5, 5.41) is 12.2. The van der Waals surface area contributed by atoms with Crippen molar-refractivity contribution in [1.82, 2.24) is 10.2 Å². The Morgan fingerprint density at radius 1 is 1.45 bits per heavy atom. The molecule has 0 atom stereocenters. The molecule has 1 aromatic carbocycles. The van der Waals surface area contributed by atoms with Gasteiger partial charge in [-0.2, -0.15) is 0 Å².